The Kier molecular flexibility index (Phi) is 3.33. The third-order valence-corrected chi connectivity index (χ3v) is 4.10. The highest BCUT2D eigenvalue weighted by atomic mass is 16.2. The zero-order valence-corrected chi connectivity index (χ0v) is 10.6. The topological polar surface area (TPSA) is 32.3 Å². The summed E-state index contributed by atoms with van der Waals surface area (Å²) in [4.78, 5) is 14.2. The lowest BCUT2D eigenvalue weighted by Crippen LogP contribution is -2.40. The summed E-state index contributed by atoms with van der Waals surface area (Å²) in [5, 5.41) is 3.35. The second kappa shape index (κ2) is 5.11. The summed E-state index contributed by atoms with van der Waals surface area (Å²) in [7, 11) is 0. The van der Waals surface area contributed by atoms with Crippen LogP contribution in [0.25, 0.3) is 0 Å². The summed E-state index contributed by atoms with van der Waals surface area (Å²) < 4.78 is 0. The van der Waals surface area contributed by atoms with E-state index >= 15 is 0 Å². The Morgan fingerprint density at radius 3 is 2.50 bits per heavy atom. The fourth-order valence-corrected chi connectivity index (χ4v) is 3.21. The maximum Gasteiger partial charge on any atom is 0.238 e. The summed E-state index contributed by atoms with van der Waals surface area (Å²) in [5.74, 6) is 0.260. The number of amides is 1. The molecule has 1 aromatic rings. The minimum absolute atomic E-state index is 0.0850. The Morgan fingerprint density at radius 2 is 1.78 bits per heavy atom. The molecular weight excluding hydrogens is 224 g/mol. The van der Waals surface area contributed by atoms with Crippen molar-refractivity contribution < 1.29 is 4.79 Å². The standard InChI is InChI=1S/C15H20N2O/c18-14-11-16-15(12-7-3-1-4-8-12)17(14)13-9-5-2-6-10-13/h1,3-4,7-8,13,15-16H,2,5-6,9-11H2. The van der Waals surface area contributed by atoms with Gasteiger partial charge in [-0.05, 0) is 18.4 Å². The molecule has 3 nitrogen and oxygen atoms in total. The van der Waals surface area contributed by atoms with Crippen molar-refractivity contribution in [1.82, 2.24) is 10.2 Å². The highest BCUT2D eigenvalue weighted by molar-refractivity contribution is 5.81. The Bertz CT molecular complexity index is 412. The minimum atomic E-state index is 0.0850. The van der Waals surface area contributed by atoms with Crippen LogP contribution in [0.15, 0.2) is 30.3 Å². The molecule has 2 aliphatic rings. The molecule has 1 aliphatic heterocycles. The average molecular weight is 244 g/mol. The van der Waals surface area contributed by atoms with Gasteiger partial charge in [0.05, 0.1) is 6.54 Å². The van der Waals surface area contributed by atoms with Crippen molar-refractivity contribution in [2.75, 3.05) is 6.54 Å². The number of carbonyl (C=O) groups excluding carboxylic acids is 1. The van der Waals surface area contributed by atoms with E-state index in [2.05, 4.69) is 22.3 Å². The number of hydrogen-bond acceptors (Lipinski definition) is 2. The third kappa shape index (κ3) is 2.15. The number of nitrogens with one attached hydrogen (secondary N) is 1. The molecular formula is C15H20N2O. The SMILES string of the molecule is O=C1CNC(c2ccccc2)N1C1CCCCC1. The first-order valence-corrected chi connectivity index (χ1v) is 6.96. The van der Waals surface area contributed by atoms with Crippen LogP contribution in [0, 0.1) is 0 Å². The lowest BCUT2D eigenvalue weighted by Gasteiger charge is -2.35. The predicted molar refractivity (Wildman–Crippen MR) is 70.9 cm³/mol. The van der Waals surface area contributed by atoms with Crippen molar-refractivity contribution in [3.05, 3.63) is 35.9 Å². The molecule has 2 fully saturated rings. The van der Waals surface area contributed by atoms with Crippen LogP contribution in [0.4, 0.5) is 0 Å². The molecule has 18 heavy (non-hydrogen) atoms. The van der Waals surface area contributed by atoms with Gasteiger partial charge in [0, 0.05) is 6.04 Å². The smallest absolute Gasteiger partial charge is 0.238 e. The summed E-state index contributed by atoms with van der Waals surface area (Å²) in [5.41, 5.74) is 1.20. The van der Waals surface area contributed by atoms with Gasteiger partial charge in [-0.1, -0.05) is 49.6 Å². The molecule has 0 aromatic heterocycles. The fourth-order valence-electron chi connectivity index (χ4n) is 3.21. The Hall–Kier alpha value is -1.35. The maximum atomic E-state index is 12.1. The summed E-state index contributed by atoms with van der Waals surface area (Å²) >= 11 is 0. The third-order valence-electron chi connectivity index (χ3n) is 4.10. The van der Waals surface area contributed by atoms with Gasteiger partial charge in [-0.2, -0.15) is 0 Å². The van der Waals surface area contributed by atoms with Crippen LogP contribution in [0.1, 0.15) is 43.8 Å². The molecule has 1 saturated heterocycles. The molecule has 0 spiro atoms. The molecule has 0 bridgehead atoms. The minimum Gasteiger partial charge on any atom is -0.319 e. The second-order valence-corrected chi connectivity index (χ2v) is 5.29. The van der Waals surface area contributed by atoms with E-state index in [-0.39, 0.29) is 12.1 Å². The molecule has 1 unspecified atom stereocenters. The van der Waals surface area contributed by atoms with Crippen LogP contribution >= 0.6 is 0 Å². The van der Waals surface area contributed by atoms with Gasteiger partial charge in [0.15, 0.2) is 0 Å². The highest BCUT2D eigenvalue weighted by Gasteiger charge is 2.36. The van der Waals surface area contributed by atoms with Gasteiger partial charge in [0.1, 0.15) is 6.17 Å². The Balaban J connectivity index is 1.83. The van der Waals surface area contributed by atoms with Crippen LogP contribution in [-0.4, -0.2) is 23.4 Å². The Morgan fingerprint density at radius 1 is 1.06 bits per heavy atom. The number of nitrogens with zero attached hydrogens (tertiary/aromatic N) is 1. The normalized spacial score (nSPS) is 25.7. The van der Waals surface area contributed by atoms with E-state index in [0.29, 0.717) is 12.6 Å². The highest BCUT2D eigenvalue weighted by Crippen LogP contribution is 2.31. The van der Waals surface area contributed by atoms with Crippen LogP contribution in [0.5, 0.6) is 0 Å². The average Bonchev–Trinajstić information content (AvgIpc) is 2.83. The molecule has 3 heteroatoms. The van der Waals surface area contributed by atoms with E-state index < -0.39 is 0 Å². The Labute approximate surface area is 108 Å². The molecule has 1 saturated carbocycles. The van der Waals surface area contributed by atoms with Crippen LogP contribution < -0.4 is 5.32 Å². The van der Waals surface area contributed by atoms with Crippen molar-refractivity contribution in [1.29, 1.82) is 0 Å². The van der Waals surface area contributed by atoms with Gasteiger partial charge < -0.3 is 4.90 Å². The first-order valence-electron chi connectivity index (χ1n) is 6.96. The molecule has 1 aromatic carbocycles. The first kappa shape index (κ1) is 11.7. The number of hydrogen-bond donors (Lipinski definition) is 1. The molecule has 1 atom stereocenters. The van der Waals surface area contributed by atoms with Crippen molar-refractivity contribution >= 4 is 5.91 Å². The van der Waals surface area contributed by atoms with Gasteiger partial charge in [-0.25, -0.2) is 0 Å². The van der Waals surface area contributed by atoms with Gasteiger partial charge >= 0.3 is 0 Å². The molecule has 96 valence electrons. The van der Waals surface area contributed by atoms with Crippen LogP contribution in [0.3, 0.4) is 0 Å². The quantitative estimate of drug-likeness (QED) is 0.866. The lowest BCUT2D eigenvalue weighted by atomic mass is 9.93. The number of rotatable bonds is 2. The van der Waals surface area contributed by atoms with E-state index in [9.17, 15) is 4.79 Å². The van der Waals surface area contributed by atoms with E-state index in [0.717, 1.165) is 12.8 Å². The fraction of sp³-hybridized carbons (Fsp3) is 0.533. The van der Waals surface area contributed by atoms with Gasteiger partial charge in [0.25, 0.3) is 0 Å². The monoisotopic (exact) mass is 244 g/mol. The zero-order chi connectivity index (χ0) is 12.4. The summed E-state index contributed by atoms with van der Waals surface area (Å²) in [6.45, 7) is 0.482. The first-order chi connectivity index (χ1) is 8.86. The van der Waals surface area contributed by atoms with Crippen molar-refractivity contribution in [3.63, 3.8) is 0 Å². The molecule has 1 heterocycles. The molecule has 1 amide bonds. The van der Waals surface area contributed by atoms with E-state index in [1.165, 1.54) is 24.8 Å². The van der Waals surface area contributed by atoms with E-state index in [1.807, 2.05) is 18.2 Å². The van der Waals surface area contributed by atoms with Crippen molar-refractivity contribution in [3.8, 4) is 0 Å². The second-order valence-electron chi connectivity index (χ2n) is 5.29. The zero-order valence-electron chi connectivity index (χ0n) is 10.6. The van der Waals surface area contributed by atoms with E-state index in [1.54, 1.807) is 0 Å². The van der Waals surface area contributed by atoms with Crippen molar-refractivity contribution in [2.45, 2.75) is 44.3 Å². The molecule has 1 N–H and O–H groups in total. The number of benzene rings is 1. The summed E-state index contributed by atoms with van der Waals surface area (Å²) in [6, 6.07) is 10.7. The van der Waals surface area contributed by atoms with Gasteiger partial charge in [-0.15, -0.1) is 0 Å². The summed E-state index contributed by atoms with van der Waals surface area (Å²) in [6.07, 6.45) is 6.25. The molecule has 1 aliphatic carbocycles. The van der Waals surface area contributed by atoms with E-state index in [4.69, 9.17) is 0 Å². The lowest BCUT2D eigenvalue weighted by molar-refractivity contribution is -0.131. The largest absolute Gasteiger partial charge is 0.319 e. The van der Waals surface area contributed by atoms with Crippen LogP contribution in [-0.2, 0) is 4.79 Å². The molecule has 0 radical (unpaired) electrons. The predicted octanol–water partition coefficient (Wildman–Crippen LogP) is 2.45. The number of carbonyl (C=O) groups is 1. The van der Waals surface area contributed by atoms with Gasteiger partial charge in [0.2, 0.25) is 5.91 Å². The van der Waals surface area contributed by atoms with Crippen LogP contribution in [0.2, 0.25) is 0 Å². The van der Waals surface area contributed by atoms with Crippen molar-refractivity contribution in [2.24, 2.45) is 0 Å². The van der Waals surface area contributed by atoms with Gasteiger partial charge in [-0.3, -0.25) is 10.1 Å². The maximum absolute atomic E-state index is 12.1. The molecule has 3 rings (SSSR count).